The van der Waals surface area contributed by atoms with Crippen LogP contribution in [0, 0.1) is 10.1 Å². The van der Waals surface area contributed by atoms with E-state index in [1.54, 1.807) is 12.1 Å². The number of ether oxygens (including phenoxy) is 2. The van der Waals surface area contributed by atoms with Crippen molar-refractivity contribution in [3.63, 3.8) is 0 Å². The minimum absolute atomic E-state index is 0.0117. The van der Waals surface area contributed by atoms with Crippen LogP contribution < -0.4 is 9.62 Å². The smallest absolute Gasteiger partial charge is 0.340 e. The Balaban J connectivity index is 1.65. The van der Waals surface area contributed by atoms with E-state index in [1.165, 1.54) is 23.5 Å². The second kappa shape index (κ2) is 10.8. The Morgan fingerprint density at radius 1 is 1.24 bits per heavy atom. The van der Waals surface area contributed by atoms with Crippen molar-refractivity contribution in [3.05, 3.63) is 55.8 Å². The third kappa shape index (κ3) is 7.05. The van der Waals surface area contributed by atoms with E-state index in [2.05, 4.69) is 4.72 Å². The Bertz CT molecular complexity index is 1140. The minimum atomic E-state index is -3.29. The van der Waals surface area contributed by atoms with Crippen LogP contribution in [-0.2, 0) is 25.9 Å². The molecule has 11 nitrogen and oxygen atoms in total. The van der Waals surface area contributed by atoms with Crippen molar-refractivity contribution in [1.29, 1.82) is 0 Å². The molecule has 0 amide bonds. The van der Waals surface area contributed by atoms with Crippen LogP contribution in [0.25, 0.3) is 0 Å². The summed E-state index contributed by atoms with van der Waals surface area (Å²) in [5, 5.41) is 11.2. The summed E-state index contributed by atoms with van der Waals surface area (Å²) in [5.74, 6) is -1.25. The number of carbonyl (C=O) groups excluding carboxylic acids is 2. The number of hydrogen-bond acceptors (Lipinski definition) is 10. The highest BCUT2D eigenvalue weighted by Crippen LogP contribution is 2.27. The summed E-state index contributed by atoms with van der Waals surface area (Å²) >= 11 is 1.18. The number of nitrogens with one attached hydrogen (secondary N) is 1. The molecule has 1 aromatic heterocycles. The zero-order valence-electron chi connectivity index (χ0n) is 17.8. The van der Waals surface area contributed by atoms with Gasteiger partial charge in [-0.2, -0.15) is 0 Å². The second-order valence-corrected chi connectivity index (χ2v) is 10.2. The highest BCUT2D eigenvalue weighted by molar-refractivity contribution is 7.88. The van der Waals surface area contributed by atoms with Crippen LogP contribution in [0.1, 0.15) is 24.9 Å². The lowest BCUT2D eigenvalue weighted by atomic mass is 10.1. The van der Waals surface area contributed by atoms with Crippen LogP contribution >= 0.6 is 11.3 Å². The van der Waals surface area contributed by atoms with Crippen molar-refractivity contribution in [2.75, 3.05) is 50.6 Å². The SMILES string of the molecule is CS(=O)(=O)NCCc1ccc(C(=O)COC(=O)c2cc([N+](=O)[O-])ccc2N2CCOCC2)s1. The Morgan fingerprint density at radius 3 is 2.64 bits per heavy atom. The van der Waals surface area contributed by atoms with E-state index in [0.717, 1.165) is 17.2 Å². The van der Waals surface area contributed by atoms with Crippen molar-refractivity contribution >= 4 is 44.5 Å². The van der Waals surface area contributed by atoms with Crippen molar-refractivity contribution in [2.45, 2.75) is 6.42 Å². The van der Waals surface area contributed by atoms with Crippen molar-refractivity contribution in [3.8, 4) is 0 Å². The molecule has 0 unspecified atom stereocenters. The van der Waals surface area contributed by atoms with E-state index in [0.29, 0.717) is 43.3 Å². The molecule has 1 aromatic carbocycles. The maximum atomic E-state index is 12.7. The lowest BCUT2D eigenvalue weighted by Gasteiger charge is -2.30. The molecule has 178 valence electrons. The molecule has 13 heteroatoms. The molecular formula is C20H23N3O8S2. The van der Waals surface area contributed by atoms with Gasteiger partial charge < -0.3 is 14.4 Å². The van der Waals surface area contributed by atoms with Gasteiger partial charge in [0.1, 0.15) is 0 Å². The fourth-order valence-electron chi connectivity index (χ4n) is 3.18. The highest BCUT2D eigenvalue weighted by Gasteiger charge is 2.24. The Morgan fingerprint density at radius 2 is 1.97 bits per heavy atom. The molecular weight excluding hydrogens is 474 g/mol. The van der Waals surface area contributed by atoms with Gasteiger partial charge in [0, 0.05) is 36.6 Å². The molecule has 0 atom stereocenters. The number of hydrogen-bond donors (Lipinski definition) is 1. The molecule has 3 rings (SSSR count). The van der Waals surface area contributed by atoms with Crippen molar-refractivity contribution in [1.82, 2.24) is 4.72 Å². The number of thiophene rings is 1. The first kappa shape index (κ1) is 24.8. The molecule has 33 heavy (non-hydrogen) atoms. The molecule has 0 saturated carbocycles. The van der Waals surface area contributed by atoms with E-state index in [-0.39, 0.29) is 17.8 Å². The normalized spacial score (nSPS) is 14.2. The fraction of sp³-hybridized carbons (Fsp3) is 0.400. The van der Waals surface area contributed by atoms with Gasteiger partial charge in [-0.3, -0.25) is 14.9 Å². The first-order valence-electron chi connectivity index (χ1n) is 9.99. The van der Waals surface area contributed by atoms with Gasteiger partial charge in [-0.1, -0.05) is 0 Å². The van der Waals surface area contributed by atoms with Gasteiger partial charge in [0.25, 0.3) is 5.69 Å². The number of morpholine rings is 1. The third-order valence-corrected chi connectivity index (χ3v) is 6.68. The van der Waals surface area contributed by atoms with Crippen LogP contribution in [0.4, 0.5) is 11.4 Å². The summed E-state index contributed by atoms with van der Waals surface area (Å²) in [5.41, 5.74) is 0.242. The molecule has 1 fully saturated rings. The molecule has 1 aliphatic rings. The van der Waals surface area contributed by atoms with Gasteiger partial charge in [0.15, 0.2) is 6.61 Å². The Kier molecular flexibility index (Phi) is 8.13. The quantitative estimate of drug-likeness (QED) is 0.224. The van der Waals surface area contributed by atoms with Crippen LogP contribution in [-0.4, -0.2) is 70.8 Å². The number of non-ortho nitro benzene ring substituents is 1. The predicted molar refractivity (Wildman–Crippen MR) is 122 cm³/mol. The maximum Gasteiger partial charge on any atom is 0.340 e. The topological polar surface area (TPSA) is 145 Å². The van der Waals surface area contributed by atoms with Gasteiger partial charge in [0.2, 0.25) is 15.8 Å². The number of rotatable bonds is 10. The zero-order chi connectivity index (χ0) is 24.0. The van der Waals surface area contributed by atoms with Crippen LogP contribution in [0.5, 0.6) is 0 Å². The number of esters is 1. The second-order valence-electron chi connectivity index (χ2n) is 7.24. The largest absolute Gasteiger partial charge is 0.454 e. The van der Waals surface area contributed by atoms with Crippen LogP contribution in [0.2, 0.25) is 0 Å². The average Bonchev–Trinajstić information content (AvgIpc) is 3.25. The van der Waals surface area contributed by atoms with Crippen LogP contribution in [0.15, 0.2) is 30.3 Å². The molecule has 0 spiro atoms. The molecule has 1 saturated heterocycles. The lowest BCUT2D eigenvalue weighted by Crippen LogP contribution is -2.37. The molecule has 0 radical (unpaired) electrons. The third-order valence-electron chi connectivity index (χ3n) is 4.77. The number of nitro benzene ring substituents is 1. The Labute approximate surface area is 194 Å². The summed E-state index contributed by atoms with van der Waals surface area (Å²) < 4.78 is 35.1. The van der Waals surface area contributed by atoms with Gasteiger partial charge in [-0.25, -0.2) is 17.9 Å². The molecule has 0 aliphatic carbocycles. The van der Waals surface area contributed by atoms with Gasteiger partial charge in [0.05, 0.1) is 40.5 Å². The molecule has 0 bridgehead atoms. The van der Waals surface area contributed by atoms with Crippen molar-refractivity contribution in [2.24, 2.45) is 0 Å². The van der Waals surface area contributed by atoms with Gasteiger partial charge >= 0.3 is 5.97 Å². The van der Waals surface area contributed by atoms with E-state index in [4.69, 9.17) is 9.47 Å². The number of carbonyl (C=O) groups is 2. The number of Topliss-reactive ketones (excluding diaryl/α,β-unsaturated/α-hetero) is 1. The monoisotopic (exact) mass is 497 g/mol. The highest BCUT2D eigenvalue weighted by atomic mass is 32.2. The predicted octanol–water partition coefficient (Wildman–Crippen LogP) is 1.62. The Hall–Kier alpha value is -2.87. The van der Waals surface area contributed by atoms with E-state index in [1.807, 2.05) is 4.90 Å². The van der Waals surface area contributed by atoms with E-state index < -0.39 is 33.3 Å². The van der Waals surface area contributed by atoms with Crippen molar-refractivity contribution < 1.29 is 32.4 Å². The maximum absolute atomic E-state index is 12.7. The number of nitro groups is 1. The van der Waals surface area contributed by atoms with Gasteiger partial charge in [-0.15, -0.1) is 11.3 Å². The zero-order valence-corrected chi connectivity index (χ0v) is 19.4. The molecule has 1 N–H and O–H groups in total. The first-order chi connectivity index (χ1) is 15.6. The molecule has 1 aliphatic heterocycles. The standard InChI is InChI=1S/C20H23N3O8S2/c1-33(28,29)21-7-6-15-3-5-19(32-15)18(24)13-31-20(25)16-12-14(23(26)27)2-4-17(16)22-8-10-30-11-9-22/h2-5,12,21H,6-11,13H2,1H3. The number of sulfonamides is 1. The lowest BCUT2D eigenvalue weighted by molar-refractivity contribution is -0.384. The molecule has 2 heterocycles. The van der Waals surface area contributed by atoms with E-state index >= 15 is 0 Å². The minimum Gasteiger partial charge on any atom is -0.454 e. The summed E-state index contributed by atoms with van der Waals surface area (Å²) in [7, 11) is -3.29. The number of anilines is 1. The van der Waals surface area contributed by atoms with E-state index in [9.17, 15) is 28.1 Å². The van der Waals surface area contributed by atoms with Crippen LogP contribution in [0.3, 0.4) is 0 Å². The first-order valence-corrected chi connectivity index (χ1v) is 12.7. The number of benzene rings is 1. The summed E-state index contributed by atoms with van der Waals surface area (Å²) in [6.45, 7) is 1.64. The number of ketones is 1. The summed E-state index contributed by atoms with van der Waals surface area (Å²) in [6.07, 6.45) is 1.48. The average molecular weight is 498 g/mol. The number of nitrogens with zero attached hydrogens (tertiary/aromatic N) is 2. The molecule has 2 aromatic rings. The summed E-state index contributed by atoms with van der Waals surface area (Å²) in [6, 6.07) is 7.26. The summed E-state index contributed by atoms with van der Waals surface area (Å²) in [4.78, 5) is 38.8. The van der Waals surface area contributed by atoms with Gasteiger partial charge in [-0.05, 0) is 24.6 Å². The fourth-order valence-corrected chi connectivity index (χ4v) is 4.59.